The van der Waals surface area contributed by atoms with E-state index < -0.39 is 12.0 Å². The third-order valence-electron chi connectivity index (χ3n) is 3.10. The van der Waals surface area contributed by atoms with Gasteiger partial charge in [-0.15, -0.1) is 0 Å². The molecule has 6 heteroatoms. The summed E-state index contributed by atoms with van der Waals surface area (Å²) in [5.74, 6) is -1.30. The minimum absolute atomic E-state index is 0.138. The van der Waals surface area contributed by atoms with Crippen molar-refractivity contribution in [2.75, 3.05) is 0 Å². The van der Waals surface area contributed by atoms with E-state index in [4.69, 9.17) is 5.11 Å². The van der Waals surface area contributed by atoms with E-state index in [1.807, 2.05) is 13.0 Å². The molecule has 1 unspecified atom stereocenters. The number of rotatable bonds is 6. The molecule has 0 radical (unpaired) electrons. The van der Waals surface area contributed by atoms with Gasteiger partial charge >= 0.3 is 5.97 Å². The maximum absolute atomic E-state index is 11.9. The number of H-pyrrole nitrogens is 1. The highest BCUT2D eigenvalue weighted by molar-refractivity contribution is 5.89. The lowest BCUT2D eigenvalue weighted by Crippen LogP contribution is -2.41. The van der Waals surface area contributed by atoms with Crippen molar-refractivity contribution in [2.24, 2.45) is 0 Å². The molecule has 0 saturated heterocycles. The number of carbonyl (C=O) groups is 2. The maximum Gasteiger partial charge on any atom is 0.326 e. The topological polar surface area (TPSA) is 95.1 Å². The lowest BCUT2D eigenvalue weighted by molar-refractivity contribution is -0.141. The van der Waals surface area contributed by atoms with Crippen LogP contribution >= 0.6 is 0 Å². The van der Waals surface area contributed by atoms with Gasteiger partial charge in [-0.1, -0.05) is 13.3 Å². The molecule has 2 aromatic rings. The number of amides is 1. The summed E-state index contributed by atoms with van der Waals surface area (Å²) in [6.45, 7) is 1.88. The van der Waals surface area contributed by atoms with Crippen molar-refractivity contribution >= 4 is 22.9 Å². The first kappa shape index (κ1) is 14.0. The number of carboxylic acid groups (broad SMARTS) is 1. The number of nitrogens with zero attached hydrogens (tertiary/aromatic N) is 1. The molecule has 0 saturated carbocycles. The van der Waals surface area contributed by atoms with Crippen LogP contribution in [0.5, 0.6) is 0 Å². The van der Waals surface area contributed by atoms with Crippen molar-refractivity contribution in [3.63, 3.8) is 0 Å². The van der Waals surface area contributed by atoms with E-state index in [9.17, 15) is 9.59 Å². The largest absolute Gasteiger partial charge is 0.480 e. The Morgan fingerprint density at radius 3 is 3.00 bits per heavy atom. The first-order chi connectivity index (χ1) is 9.61. The first-order valence-electron chi connectivity index (χ1n) is 6.55. The van der Waals surface area contributed by atoms with Crippen LogP contribution in [0.4, 0.5) is 0 Å². The molecule has 0 aliphatic heterocycles. The summed E-state index contributed by atoms with van der Waals surface area (Å²) in [6.07, 6.45) is 4.67. The minimum Gasteiger partial charge on any atom is -0.480 e. The predicted molar refractivity (Wildman–Crippen MR) is 74.3 cm³/mol. The van der Waals surface area contributed by atoms with Crippen LogP contribution < -0.4 is 5.32 Å². The molecule has 2 aromatic heterocycles. The Balaban J connectivity index is 2.06. The zero-order valence-corrected chi connectivity index (χ0v) is 11.2. The van der Waals surface area contributed by atoms with E-state index in [1.54, 1.807) is 18.5 Å². The van der Waals surface area contributed by atoms with Crippen LogP contribution in [-0.2, 0) is 16.0 Å². The fraction of sp³-hybridized carbons (Fsp3) is 0.357. The molecule has 2 rings (SSSR count). The number of carbonyl (C=O) groups excluding carboxylic acids is 1. The second kappa shape index (κ2) is 6.18. The number of aromatic nitrogens is 2. The summed E-state index contributed by atoms with van der Waals surface area (Å²) in [5.41, 5.74) is 1.53. The Hall–Kier alpha value is -2.37. The normalized spacial score (nSPS) is 12.2. The Bertz CT molecular complexity index is 621. The third kappa shape index (κ3) is 3.14. The van der Waals surface area contributed by atoms with E-state index in [1.165, 1.54) is 0 Å². The molecular formula is C14H17N3O3. The van der Waals surface area contributed by atoms with Crippen molar-refractivity contribution in [2.45, 2.75) is 32.2 Å². The zero-order valence-electron chi connectivity index (χ0n) is 11.2. The standard InChI is InChI=1S/C14H17N3O3/c1-2-4-11(14(19)20)17-12(18)7-9-8-16-13-10(9)5-3-6-15-13/h3,5-6,8,11H,2,4,7H2,1H3,(H,15,16)(H,17,18)(H,19,20). The molecule has 0 bridgehead atoms. The highest BCUT2D eigenvalue weighted by Crippen LogP contribution is 2.16. The van der Waals surface area contributed by atoms with Crippen molar-refractivity contribution in [1.29, 1.82) is 0 Å². The first-order valence-corrected chi connectivity index (χ1v) is 6.55. The molecule has 0 fully saturated rings. The van der Waals surface area contributed by atoms with Crippen molar-refractivity contribution in [1.82, 2.24) is 15.3 Å². The van der Waals surface area contributed by atoms with Crippen molar-refractivity contribution in [3.8, 4) is 0 Å². The van der Waals surface area contributed by atoms with E-state index in [0.29, 0.717) is 12.8 Å². The summed E-state index contributed by atoms with van der Waals surface area (Å²) in [5, 5.41) is 12.4. The highest BCUT2D eigenvalue weighted by atomic mass is 16.4. The van der Waals surface area contributed by atoms with Crippen LogP contribution in [0.15, 0.2) is 24.5 Å². The van der Waals surface area contributed by atoms with Gasteiger partial charge in [0.15, 0.2) is 0 Å². The number of hydrogen-bond acceptors (Lipinski definition) is 3. The van der Waals surface area contributed by atoms with Gasteiger partial charge in [0, 0.05) is 17.8 Å². The molecule has 106 valence electrons. The van der Waals surface area contributed by atoms with Gasteiger partial charge in [-0.2, -0.15) is 0 Å². The second-order valence-corrected chi connectivity index (χ2v) is 4.64. The second-order valence-electron chi connectivity index (χ2n) is 4.64. The summed E-state index contributed by atoms with van der Waals surface area (Å²) in [4.78, 5) is 30.1. The number of aliphatic carboxylic acids is 1. The molecular weight excluding hydrogens is 258 g/mol. The summed E-state index contributed by atoms with van der Waals surface area (Å²) < 4.78 is 0. The molecule has 0 aliphatic rings. The van der Waals surface area contributed by atoms with Crippen LogP contribution in [-0.4, -0.2) is 33.0 Å². The van der Waals surface area contributed by atoms with Crippen LogP contribution in [0.3, 0.4) is 0 Å². The Kier molecular flexibility index (Phi) is 4.34. The third-order valence-corrected chi connectivity index (χ3v) is 3.10. The molecule has 20 heavy (non-hydrogen) atoms. The lowest BCUT2D eigenvalue weighted by atomic mass is 10.1. The Morgan fingerprint density at radius 2 is 2.30 bits per heavy atom. The number of carboxylic acids is 1. The van der Waals surface area contributed by atoms with E-state index in [2.05, 4.69) is 15.3 Å². The number of pyridine rings is 1. The summed E-state index contributed by atoms with van der Waals surface area (Å²) in [6, 6.07) is 2.85. The molecule has 0 aliphatic carbocycles. The number of nitrogens with one attached hydrogen (secondary N) is 2. The zero-order chi connectivity index (χ0) is 14.5. The Labute approximate surface area is 116 Å². The minimum atomic E-state index is -0.999. The SMILES string of the molecule is CCCC(NC(=O)Cc1c[nH]c2ncccc12)C(=O)O. The van der Waals surface area contributed by atoms with Crippen LogP contribution in [0.1, 0.15) is 25.3 Å². The highest BCUT2D eigenvalue weighted by Gasteiger charge is 2.19. The Morgan fingerprint density at radius 1 is 1.50 bits per heavy atom. The van der Waals surface area contributed by atoms with Gasteiger partial charge in [0.2, 0.25) is 5.91 Å². The summed E-state index contributed by atoms with van der Waals surface area (Å²) in [7, 11) is 0. The van der Waals surface area contributed by atoms with Crippen LogP contribution in [0.25, 0.3) is 11.0 Å². The van der Waals surface area contributed by atoms with Gasteiger partial charge in [0.05, 0.1) is 6.42 Å². The van der Waals surface area contributed by atoms with Gasteiger partial charge in [-0.05, 0) is 24.1 Å². The van der Waals surface area contributed by atoms with Gasteiger partial charge in [0.1, 0.15) is 11.7 Å². The van der Waals surface area contributed by atoms with Crippen molar-refractivity contribution < 1.29 is 14.7 Å². The number of aromatic amines is 1. The van der Waals surface area contributed by atoms with E-state index in [0.717, 1.165) is 16.6 Å². The van der Waals surface area contributed by atoms with Gasteiger partial charge in [0.25, 0.3) is 0 Å². The molecule has 6 nitrogen and oxygen atoms in total. The molecule has 1 atom stereocenters. The summed E-state index contributed by atoms with van der Waals surface area (Å²) >= 11 is 0. The molecule has 0 aromatic carbocycles. The average molecular weight is 275 g/mol. The average Bonchev–Trinajstić information content (AvgIpc) is 2.81. The predicted octanol–water partition coefficient (Wildman–Crippen LogP) is 1.47. The van der Waals surface area contributed by atoms with Gasteiger partial charge < -0.3 is 15.4 Å². The fourth-order valence-corrected chi connectivity index (χ4v) is 2.12. The number of fused-ring (bicyclic) bond motifs is 1. The fourth-order valence-electron chi connectivity index (χ4n) is 2.12. The lowest BCUT2D eigenvalue weighted by Gasteiger charge is -2.13. The van der Waals surface area contributed by atoms with E-state index >= 15 is 0 Å². The smallest absolute Gasteiger partial charge is 0.326 e. The van der Waals surface area contributed by atoms with Crippen molar-refractivity contribution in [3.05, 3.63) is 30.1 Å². The monoisotopic (exact) mass is 275 g/mol. The van der Waals surface area contributed by atoms with Gasteiger partial charge in [-0.25, -0.2) is 9.78 Å². The molecule has 0 spiro atoms. The molecule has 2 heterocycles. The number of hydrogen-bond donors (Lipinski definition) is 3. The van der Waals surface area contributed by atoms with Crippen LogP contribution in [0.2, 0.25) is 0 Å². The van der Waals surface area contributed by atoms with Gasteiger partial charge in [-0.3, -0.25) is 4.79 Å². The van der Waals surface area contributed by atoms with E-state index in [-0.39, 0.29) is 12.3 Å². The molecule has 3 N–H and O–H groups in total. The van der Waals surface area contributed by atoms with Crippen LogP contribution in [0, 0.1) is 0 Å². The molecule has 1 amide bonds. The maximum atomic E-state index is 11.9. The quantitative estimate of drug-likeness (QED) is 0.744.